The normalized spacial score (nSPS) is 15.9. The van der Waals surface area contributed by atoms with Crippen LogP contribution in [0.1, 0.15) is 42.9 Å². The second-order valence-corrected chi connectivity index (χ2v) is 6.59. The van der Waals surface area contributed by atoms with Crippen LogP contribution in [0.2, 0.25) is 0 Å². The third kappa shape index (κ3) is 3.51. The number of hydrogen-bond acceptors (Lipinski definition) is 8. The van der Waals surface area contributed by atoms with E-state index in [4.69, 9.17) is 9.47 Å². The van der Waals surface area contributed by atoms with Crippen LogP contribution in [0.5, 0.6) is 5.75 Å². The lowest BCUT2D eigenvalue weighted by molar-refractivity contribution is -0.135. The maximum atomic E-state index is 12.1. The molecular formula is C19H18N6O4. The first-order chi connectivity index (χ1) is 13.8. The molecule has 1 aliphatic rings. The van der Waals surface area contributed by atoms with Crippen LogP contribution in [0.15, 0.2) is 35.4 Å². The van der Waals surface area contributed by atoms with Crippen molar-refractivity contribution in [2.45, 2.75) is 33.9 Å². The predicted molar refractivity (Wildman–Crippen MR) is 101 cm³/mol. The van der Waals surface area contributed by atoms with E-state index >= 15 is 0 Å². The molecule has 0 spiro atoms. The smallest absolute Gasteiger partial charge is 0.308 e. The van der Waals surface area contributed by atoms with E-state index in [-0.39, 0.29) is 17.6 Å². The molecule has 4 rings (SSSR count). The number of aromatic nitrogens is 4. The van der Waals surface area contributed by atoms with Crippen molar-refractivity contribution in [2.24, 2.45) is 5.10 Å². The summed E-state index contributed by atoms with van der Waals surface area (Å²) in [6.45, 7) is 6.48. The van der Waals surface area contributed by atoms with E-state index in [1.807, 2.05) is 19.9 Å². The van der Waals surface area contributed by atoms with Crippen molar-refractivity contribution in [1.29, 1.82) is 0 Å². The fraction of sp³-hybridized carbons (Fsp3) is 0.263. The quantitative estimate of drug-likeness (QED) is 0.493. The summed E-state index contributed by atoms with van der Waals surface area (Å²) in [5, 5.41) is 9.87. The van der Waals surface area contributed by atoms with Gasteiger partial charge in [-0.05, 0) is 44.2 Å². The lowest BCUT2D eigenvalue weighted by Gasteiger charge is -2.19. The number of carbonyl (C=O) groups excluding carboxylic acids is 2. The summed E-state index contributed by atoms with van der Waals surface area (Å²) < 4.78 is 12.5. The Balaban J connectivity index is 1.65. The zero-order valence-electron chi connectivity index (χ0n) is 16.3. The minimum Gasteiger partial charge on any atom is -0.443 e. The topological polar surface area (TPSA) is 111 Å². The number of hydrogen-bond donors (Lipinski definition) is 0. The molecule has 0 unspecified atom stereocenters. The Kier molecular flexibility index (Phi) is 4.45. The van der Waals surface area contributed by atoms with Gasteiger partial charge in [-0.3, -0.25) is 9.59 Å². The average molecular weight is 394 g/mol. The molecule has 1 amide bonds. The van der Waals surface area contributed by atoms with Gasteiger partial charge in [-0.25, -0.2) is 9.50 Å². The van der Waals surface area contributed by atoms with Crippen LogP contribution in [0.4, 0.5) is 0 Å². The molecule has 0 N–H and O–H groups in total. The van der Waals surface area contributed by atoms with Crippen LogP contribution in [-0.2, 0) is 14.3 Å². The van der Waals surface area contributed by atoms with Gasteiger partial charge in [-0.1, -0.05) is 0 Å². The number of fused-ring (bicyclic) bond motifs is 1. The fourth-order valence-electron chi connectivity index (χ4n) is 3.00. The monoisotopic (exact) mass is 394 g/mol. The van der Waals surface area contributed by atoms with Crippen LogP contribution in [0, 0.1) is 13.8 Å². The van der Waals surface area contributed by atoms with Crippen LogP contribution >= 0.6 is 0 Å². The molecule has 0 fully saturated rings. The van der Waals surface area contributed by atoms with Gasteiger partial charge in [0.1, 0.15) is 5.75 Å². The molecule has 0 aliphatic carbocycles. The molecule has 1 atom stereocenters. The maximum absolute atomic E-state index is 12.1. The summed E-state index contributed by atoms with van der Waals surface area (Å²) in [6, 6.07) is 8.52. The number of hydrazone groups is 1. The molecule has 3 heterocycles. The van der Waals surface area contributed by atoms with E-state index in [1.165, 1.54) is 18.9 Å². The van der Waals surface area contributed by atoms with E-state index in [2.05, 4.69) is 20.2 Å². The number of nitrogens with zero attached hydrogens (tertiary/aromatic N) is 6. The molecule has 0 saturated carbocycles. The fourth-order valence-corrected chi connectivity index (χ4v) is 3.00. The van der Waals surface area contributed by atoms with E-state index < -0.39 is 12.2 Å². The molecule has 1 aromatic carbocycles. The van der Waals surface area contributed by atoms with Crippen molar-refractivity contribution in [2.75, 3.05) is 0 Å². The zero-order chi connectivity index (χ0) is 20.7. The highest BCUT2D eigenvalue weighted by atomic mass is 16.5. The summed E-state index contributed by atoms with van der Waals surface area (Å²) >= 11 is 0. The molecule has 0 radical (unpaired) electrons. The predicted octanol–water partition coefficient (Wildman–Crippen LogP) is 1.91. The van der Waals surface area contributed by atoms with E-state index in [0.717, 1.165) is 11.4 Å². The molecule has 10 nitrogen and oxygen atoms in total. The van der Waals surface area contributed by atoms with E-state index in [0.29, 0.717) is 17.1 Å². The molecular weight excluding hydrogens is 376 g/mol. The molecule has 10 heteroatoms. The zero-order valence-corrected chi connectivity index (χ0v) is 16.3. The van der Waals surface area contributed by atoms with Gasteiger partial charge in [0.2, 0.25) is 18.0 Å². The minimum absolute atomic E-state index is 0.122. The van der Waals surface area contributed by atoms with Gasteiger partial charge in [0.25, 0.3) is 11.7 Å². The van der Waals surface area contributed by atoms with Gasteiger partial charge in [0, 0.05) is 30.8 Å². The van der Waals surface area contributed by atoms with Crippen molar-refractivity contribution >= 4 is 23.6 Å². The SMILES string of the molecule is CC(=O)Oc1ccc([C@@H]2OC(c3nc4nc(C)cc(C)n4n3)=NN2C(C)=O)cc1. The van der Waals surface area contributed by atoms with Crippen molar-refractivity contribution in [1.82, 2.24) is 24.6 Å². The number of carbonyl (C=O) groups is 2. The van der Waals surface area contributed by atoms with Crippen molar-refractivity contribution in [3.05, 3.63) is 53.1 Å². The van der Waals surface area contributed by atoms with Gasteiger partial charge in [-0.15, -0.1) is 10.2 Å². The summed E-state index contributed by atoms with van der Waals surface area (Å²) in [6.07, 6.45) is -0.781. The third-order valence-electron chi connectivity index (χ3n) is 4.20. The number of ether oxygens (including phenoxy) is 2. The highest BCUT2D eigenvalue weighted by Crippen LogP contribution is 2.30. The van der Waals surface area contributed by atoms with Gasteiger partial charge < -0.3 is 9.47 Å². The first kappa shape index (κ1) is 18.5. The molecule has 0 bridgehead atoms. The molecule has 2 aromatic heterocycles. The van der Waals surface area contributed by atoms with E-state index in [1.54, 1.807) is 28.8 Å². The van der Waals surface area contributed by atoms with Gasteiger partial charge in [0.05, 0.1) is 0 Å². The molecule has 3 aromatic rings. The van der Waals surface area contributed by atoms with Gasteiger partial charge >= 0.3 is 5.97 Å². The Hall–Kier alpha value is -3.82. The Bertz CT molecular complexity index is 1150. The van der Waals surface area contributed by atoms with Crippen LogP contribution in [-0.4, -0.2) is 42.4 Å². The van der Waals surface area contributed by atoms with Crippen LogP contribution in [0.25, 0.3) is 5.78 Å². The molecule has 29 heavy (non-hydrogen) atoms. The lowest BCUT2D eigenvalue weighted by atomic mass is 10.2. The Morgan fingerprint density at radius 2 is 1.83 bits per heavy atom. The van der Waals surface area contributed by atoms with Gasteiger partial charge in [-0.2, -0.15) is 9.99 Å². The average Bonchev–Trinajstić information content (AvgIpc) is 3.26. The Labute approximate surface area is 165 Å². The first-order valence-electron chi connectivity index (χ1n) is 8.86. The summed E-state index contributed by atoms with van der Waals surface area (Å²) in [5.74, 6) is 0.459. The van der Waals surface area contributed by atoms with Crippen LogP contribution < -0.4 is 4.74 Å². The second-order valence-electron chi connectivity index (χ2n) is 6.59. The molecule has 0 saturated heterocycles. The highest BCUT2D eigenvalue weighted by Gasteiger charge is 2.35. The van der Waals surface area contributed by atoms with Gasteiger partial charge in [0.15, 0.2) is 0 Å². The van der Waals surface area contributed by atoms with Crippen molar-refractivity contribution < 1.29 is 19.1 Å². The largest absolute Gasteiger partial charge is 0.443 e. The van der Waals surface area contributed by atoms with Crippen molar-refractivity contribution in [3.63, 3.8) is 0 Å². The summed E-state index contributed by atoms with van der Waals surface area (Å²) in [5.41, 5.74) is 2.34. The molecule has 148 valence electrons. The van der Waals surface area contributed by atoms with E-state index in [9.17, 15) is 9.59 Å². The molecule has 1 aliphatic heterocycles. The Morgan fingerprint density at radius 3 is 2.48 bits per heavy atom. The highest BCUT2D eigenvalue weighted by molar-refractivity contribution is 5.93. The number of amides is 1. The second kappa shape index (κ2) is 6.97. The number of aryl methyl sites for hydroxylation is 2. The summed E-state index contributed by atoms with van der Waals surface area (Å²) in [7, 11) is 0. The van der Waals surface area contributed by atoms with Crippen molar-refractivity contribution in [3.8, 4) is 5.75 Å². The standard InChI is InChI=1S/C19H18N6O4/c1-10-9-11(2)24-19(20-10)21-16(22-24)17-23-25(12(3)26)18(29-17)14-5-7-15(8-6-14)28-13(4)27/h5-9,18H,1-4H3/t18-/m0/s1. The maximum Gasteiger partial charge on any atom is 0.308 e. The Morgan fingerprint density at radius 1 is 1.10 bits per heavy atom. The number of benzene rings is 1. The summed E-state index contributed by atoms with van der Waals surface area (Å²) in [4.78, 5) is 31.9. The minimum atomic E-state index is -0.781. The first-order valence-corrected chi connectivity index (χ1v) is 8.86. The lowest BCUT2D eigenvalue weighted by Crippen LogP contribution is -2.25. The number of rotatable bonds is 3. The van der Waals surface area contributed by atoms with Crippen LogP contribution in [0.3, 0.4) is 0 Å². The third-order valence-corrected chi connectivity index (χ3v) is 4.20. The number of esters is 1.